The van der Waals surface area contributed by atoms with E-state index in [0.717, 1.165) is 17.8 Å². The zero-order valence-corrected chi connectivity index (χ0v) is 12.0. The number of benzene rings is 1. The number of anilines is 1. The summed E-state index contributed by atoms with van der Waals surface area (Å²) in [6.45, 7) is 3.94. The van der Waals surface area contributed by atoms with Crippen LogP contribution in [0.1, 0.15) is 29.0 Å². The van der Waals surface area contributed by atoms with E-state index in [1.165, 1.54) is 22.5 Å². The summed E-state index contributed by atoms with van der Waals surface area (Å²) in [6, 6.07) is 8.42. The van der Waals surface area contributed by atoms with Crippen LogP contribution < -0.4 is 5.32 Å². The lowest BCUT2D eigenvalue weighted by atomic mass is 10.1. The number of nitrogens with zero attached hydrogens (tertiary/aromatic N) is 2. The molecule has 1 amide bonds. The van der Waals surface area contributed by atoms with Gasteiger partial charge in [-0.3, -0.25) is 4.79 Å². The summed E-state index contributed by atoms with van der Waals surface area (Å²) in [5.41, 5.74) is 2.53. The Hall–Kier alpha value is -1.75. The Balaban J connectivity index is 1.73. The van der Waals surface area contributed by atoms with Crippen molar-refractivity contribution in [2.45, 2.75) is 33.1 Å². The van der Waals surface area contributed by atoms with Crippen molar-refractivity contribution in [1.29, 1.82) is 0 Å². The van der Waals surface area contributed by atoms with Crippen LogP contribution in [0.15, 0.2) is 24.3 Å². The maximum atomic E-state index is 11.7. The number of carbonyl (C=O) groups excluding carboxylic acids is 1. The molecule has 0 spiro atoms. The van der Waals surface area contributed by atoms with E-state index in [1.54, 1.807) is 0 Å². The highest BCUT2D eigenvalue weighted by Gasteiger charge is 2.06. The van der Waals surface area contributed by atoms with Crippen LogP contribution in [0.4, 0.5) is 5.13 Å². The van der Waals surface area contributed by atoms with Crippen LogP contribution in [-0.4, -0.2) is 16.1 Å². The topological polar surface area (TPSA) is 54.9 Å². The first-order valence-electron chi connectivity index (χ1n) is 6.29. The molecule has 0 bridgehead atoms. The van der Waals surface area contributed by atoms with Crippen molar-refractivity contribution in [3.63, 3.8) is 0 Å². The second-order valence-electron chi connectivity index (χ2n) is 4.51. The van der Waals surface area contributed by atoms with Crippen molar-refractivity contribution in [3.05, 3.63) is 40.4 Å². The Morgan fingerprint density at radius 1 is 1.21 bits per heavy atom. The minimum absolute atomic E-state index is 0.00302. The van der Waals surface area contributed by atoms with Crippen molar-refractivity contribution >= 4 is 22.4 Å². The number of rotatable bonds is 5. The summed E-state index contributed by atoms with van der Waals surface area (Å²) in [6.07, 6.45) is 2.27. The summed E-state index contributed by atoms with van der Waals surface area (Å²) >= 11 is 1.39. The predicted octanol–water partition coefficient (Wildman–Crippen LogP) is 3.12. The van der Waals surface area contributed by atoms with Crippen LogP contribution in [0.2, 0.25) is 0 Å². The number of nitrogens with one attached hydrogen (secondary N) is 1. The second kappa shape index (κ2) is 6.43. The van der Waals surface area contributed by atoms with Gasteiger partial charge in [0.2, 0.25) is 11.0 Å². The number of hydrogen-bond donors (Lipinski definition) is 1. The largest absolute Gasteiger partial charge is 0.301 e. The van der Waals surface area contributed by atoms with Gasteiger partial charge < -0.3 is 5.32 Å². The summed E-state index contributed by atoms with van der Waals surface area (Å²) in [4.78, 5) is 11.7. The lowest BCUT2D eigenvalue weighted by Crippen LogP contribution is -2.11. The predicted molar refractivity (Wildman–Crippen MR) is 77.4 cm³/mol. The van der Waals surface area contributed by atoms with E-state index in [4.69, 9.17) is 0 Å². The molecule has 1 aromatic heterocycles. The maximum Gasteiger partial charge on any atom is 0.226 e. The minimum Gasteiger partial charge on any atom is -0.301 e. The average molecular weight is 275 g/mol. The van der Waals surface area contributed by atoms with Crippen LogP contribution in [0.25, 0.3) is 0 Å². The molecule has 0 unspecified atom stereocenters. The van der Waals surface area contributed by atoms with Gasteiger partial charge in [-0.2, -0.15) is 0 Å². The third-order valence-electron chi connectivity index (χ3n) is 2.76. The monoisotopic (exact) mass is 275 g/mol. The normalized spacial score (nSPS) is 10.4. The minimum atomic E-state index is 0.00302. The van der Waals surface area contributed by atoms with E-state index < -0.39 is 0 Å². The van der Waals surface area contributed by atoms with Crippen molar-refractivity contribution < 1.29 is 4.79 Å². The molecule has 0 aliphatic heterocycles. The smallest absolute Gasteiger partial charge is 0.226 e. The highest BCUT2D eigenvalue weighted by atomic mass is 32.1. The quantitative estimate of drug-likeness (QED) is 0.912. The van der Waals surface area contributed by atoms with Gasteiger partial charge in [-0.1, -0.05) is 41.2 Å². The standard InChI is InChI=1S/C14H17N3OS/c1-10-6-8-12(9-7-10)4-3-5-13(18)15-14-17-16-11(2)19-14/h6-9H,3-5H2,1-2H3,(H,15,17,18). The number of hydrogen-bond acceptors (Lipinski definition) is 4. The fourth-order valence-corrected chi connectivity index (χ4v) is 2.34. The SMILES string of the molecule is Cc1ccc(CCCC(=O)Nc2nnc(C)s2)cc1. The third kappa shape index (κ3) is 4.44. The Kier molecular flexibility index (Phi) is 4.63. The number of aryl methyl sites for hydroxylation is 3. The van der Waals surface area contributed by atoms with Gasteiger partial charge in [-0.15, -0.1) is 10.2 Å². The molecule has 0 aliphatic carbocycles. The molecule has 4 nitrogen and oxygen atoms in total. The van der Waals surface area contributed by atoms with E-state index in [0.29, 0.717) is 11.6 Å². The average Bonchev–Trinajstić information content (AvgIpc) is 2.77. The Morgan fingerprint density at radius 2 is 1.95 bits per heavy atom. The molecule has 0 saturated carbocycles. The van der Waals surface area contributed by atoms with Gasteiger partial charge >= 0.3 is 0 Å². The van der Waals surface area contributed by atoms with E-state index in [2.05, 4.69) is 46.7 Å². The van der Waals surface area contributed by atoms with E-state index >= 15 is 0 Å². The molecule has 19 heavy (non-hydrogen) atoms. The number of carbonyl (C=O) groups is 1. The molecule has 1 heterocycles. The molecular formula is C14H17N3OS. The fraction of sp³-hybridized carbons (Fsp3) is 0.357. The molecule has 0 fully saturated rings. The van der Waals surface area contributed by atoms with Gasteiger partial charge in [0.05, 0.1) is 0 Å². The first-order valence-corrected chi connectivity index (χ1v) is 7.10. The molecule has 0 aliphatic rings. The maximum absolute atomic E-state index is 11.7. The van der Waals surface area contributed by atoms with Crippen LogP contribution >= 0.6 is 11.3 Å². The molecular weight excluding hydrogens is 258 g/mol. The number of amides is 1. The molecule has 1 aromatic carbocycles. The number of aromatic nitrogens is 2. The van der Waals surface area contributed by atoms with Crippen LogP contribution in [0.3, 0.4) is 0 Å². The fourth-order valence-electron chi connectivity index (χ4n) is 1.74. The summed E-state index contributed by atoms with van der Waals surface area (Å²) in [5, 5.41) is 11.9. The highest BCUT2D eigenvalue weighted by Crippen LogP contribution is 2.14. The molecule has 1 N–H and O–H groups in total. The summed E-state index contributed by atoms with van der Waals surface area (Å²) < 4.78 is 0. The van der Waals surface area contributed by atoms with Gasteiger partial charge in [-0.25, -0.2) is 0 Å². The molecule has 0 atom stereocenters. The zero-order valence-electron chi connectivity index (χ0n) is 11.1. The zero-order chi connectivity index (χ0) is 13.7. The van der Waals surface area contributed by atoms with E-state index in [9.17, 15) is 4.79 Å². The Morgan fingerprint density at radius 3 is 2.58 bits per heavy atom. The van der Waals surface area contributed by atoms with Crippen molar-refractivity contribution in [3.8, 4) is 0 Å². The lowest BCUT2D eigenvalue weighted by Gasteiger charge is -2.02. The molecule has 0 radical (unpaired) electrons. The van der Waals surface area contributed by atoms with Gasteiger partial charge in [0.1, 0.15) is 5.01 Å². The first-order chi connectivity index (χ1) is 9.13. The van der Waals surface area contributed by atoms with Crippen LogP contribution in [0.5, 0.6) is 0 Å². The van der Waals surface area contributed by atoms with Gasteiger partial charge in [-0.05, 0) is 32.3 Å². The summed E-state index contributed by atoms with van der Waals surface area (Å²) in [5.74, 6) is 0.00302. The summed E-state index contributed by atoms with van der Waals surface area (Å²) in [7, 11) is 0. The third-order valence-corrected chi connectivity index (χ3v) is 3.52. The molecule has 2 rings (SSSR count). The van der Waals surface area contributed by atoms with Gasteiger partial charge in [0, 0.05) is 6.42 Å². The highest BCUT2D eigenvalue weighted by molar-refractivity contribution is 7.15. The van der Waals surface area contributed by atoms with E-state index in [1.807, 2.05) is 6.92 Å². The van der Waals surface area contributed by atoms with Crippen molar-refractivity contribution in [2.24, 2.45) is 0 Å². The Bertz CT molecular complexity index is 548. The molecule has 100 valence electrons. The Labute approximate surface area is 116 Å². The first kappa shape index (κ1) is 13.7. The van der Waals surface area contributed by atoms with Crippen LogP contribution in [-0.2, 0) is 11.2 Å². The molecule has 0 saturated heterocycles. The van der Waals surface area contributed by atoms with Crippen molar-refractivity contribution in [2.75, 3.05) is 5.32 Å². The van der Waals surface area contributed by atoms with Crippen molar-refractivity contribution in [1.82, 2.24) is 10.2 Å². The van der Waals surface area contributed by atoms with Crippen LogP contribution in [0, 0.1) is 13.8 Å². The van der Waals surface area contributed by atoms with E-state index in [-0.39, 0.29) is 5.91 Å². The second-order valence-corrected chi connectivity index (χ2v) is 5.70. The molecule has 2 aromatic rings. The lowest BCUT2D eigenvalue weighted by molar-refractivity contribution is -0.116. The molecule has 5 heteroatoms. The van der Waals surface area contributed by atoms with Gasteiger partial charge in [0.15, 0.2) is 0 Å². The van der Waals surface area contributed by atoms with Gasteiger partial charge in [0.25, 0.3) is 0 Å².